The van der Waals surface area contributed by atoms with Crippen molar-refractivity contribution in [3.8, 4) is 28.7 Å². The third-order valence-corrected chi connectivity index (χ3v) is 21.2. The zero-order valence-electron chi connectivity index (χ0n) is 77.5. The summed E-state index contributed by atoms with van der Waals surface area (Å²) in [6, 6.07) is 42.3. The number of ether oxygens (including phenoxy) is 9. The number of carboxylic acids is 2. The molecule has 5 aromatic heterocycles. The summed E-state index contributed by atoms with van der Waals surface area (Å²) in [6.07, 6.45) is 5.47. The van der Waals surface area contributed by atoms with Crippen molar-refractivity contribution in [2.45, 2.75) is 130 Å². The Morgan fingerprint density at radius 2 is 0.743 bits per heavy atom. The average molecular weight is 1910 g/mol. The number of benzene rings is 5. The van der Waals surface area contributed by atoms with Gasteiger partial charge in [0.15, 0.2) is 41.0 Å². The van der Waals surface area contributed by atoms with Crippen LogP contribution in [0.3, 0.4) is 0 Å². The molecule has 10 aromatic rings. The Morgan fingerprint density at radius 3 is 1.04 bits per heavy atom. The van der Waals surface area contributed by atoms with Crippen molar-refractivity contribution < 1.29 is 146 Å². The summed E-state index contributed by atoms with van der Waals surface area (Å²) in [5.41, 5.74) is 11.8. The summed E-state index contributed by atoms with van der Waals surface area (Å²) in [6.45, 7) is 13.8. The Bertz CT molecular complexity index is 5540. The number of hydroxylamine groups is 2. The third-order valence-electron chi connectivity index (χ3n) is 21.2. The smallest absolute Gasteiger partial charge is 0.870 e. The van der Waals surface area contributed by atoms with Crippen molar-refractivity contribution in [3.63, 3.8) is 0 Å². The molecule has 0 spiro atoms. The summed E-state index contributed by atoms with van der Waals surface area (Å²) in [5, 5.41) is 50.2. The van der Waals surface area contributed by atoms with Gasteiger partial charge in [-0.15, -0.1) is 12.4 Å². The fraction of sp³-hybridized carbons (Fsp3) is 0.389. The minimum Gasteiger partial charge on any atom is -0.870 e. The zero-order chi connectivity index (χ0) is 96.2. The SMILES string of the molecule is CCOC(=O)c1cc2n(n1)CCN(C(=O)c1ccc(OC)cc1)C2.CCOC(=O)c1cc2n(n1)CCNC2.COc1ccc(C(=O)N2CCn3nc(C(=O)NO)cc3C2)cc1.COc1ccc(C(=O)N2CCn3nc(C(=O)NOC4CCCCO4)cc3C2)cc1.COc1ccc(C(=O)N2CCn3nc(C(=O)O)cc3C2)cc1.COc1ccc(C(=O)O)cc1.Cl.NOC1CCCCO1.[2H]CF.[Li+].[OH-]. The number of carbonyl (C=O) groups is 10. The van der Waals surface area contributed by atoms with Crippen LogP contribution in [0.15, 0.2) is 152 Å². The van der Waals surface area contributed by atoms with E-state index in [1.54, 1.807) is 220 Å². The van der Waals surface area contributed by atoms with Gasteiger partial charge >= 0.3 is 42.7 Å². The van der Waals surface area contributed by atoms with Gasteiger partial charge in [-0.3, -0.25) is 66.6 Å². The molecule has 2 fully saturated rings. The largest absolute Gasteiger partial charge is 1.00 e. The second kappa shape index (κ2) is 55.3. The number of aromatic nitrogens is 10. The number of hydrogen-bond donors (Lipinski definition) is 7. The second-order valence-electron chi connectivity index (χ2n) is 29.7. The summed E-state index contributed by atoms with van der Waals surface area (Å²) in [4.78, 5) is 135. The van der Waals surface area contributed by atoms with Crippen LogP contribution >= 0.6 is 12.4 Å². The van der Waals surface area contributed by atoms with Gasteiger partial charge in [0.25, 0.3) is 35.4 Å². The molecule has 0 saturated carbocycles. The first-order valence-corrected chi connectivity index (χ1v) is 42.4. The van der Waals surface area contributed by atoms with Crippen molar-refractivity contribution >= 4 is 71.7 Å². The van der Waals surface area contributed by atoms with Gasteiger partial charge in [-0.1, -0.05) is 0 Å². The number of esters is 2. The fourth-order valence-corrected chi connectivity index (χ4v) is 14.1. The van der Waals surface area contributed by atoms with Crippen LogP contribution in [0.2, 0.25) is 0 Å². The first-order valence-electron chi connectivity index (χ1n) is 43.1. The number of alkyl halides is 1. The van der Waals surface area contributed by atoms with E-state index in [4.69, 9.17) is 70.2 Å². The number of methoxy groups -OCH3 is 5. The number of amides is 6. The van der Waals surface area contributed by atoms with Crippen LogP contribution in [0, 0.1) is 0 Å². The first-order chi connectivity index (χ1) is 64.8. The molecule has 43 nitrogen and oxygen atoms in total. The van der Waals surface area contributed by atoms with E-state index in [0.717, 1.165) is 86.8 Å². The minimum absolute atomic E-state index is 0. The molecule has 726 valence electrons. The van der Waals surface area contributed by atoms with Crippen LogP contribution in [0.25, 0.3) is 0 Å². The van der Waals surface area contributed by atoms with Gasteiger partial charge in [-0.05, 0) is 191 Å². The quantitative estimate of drug-likeness (QED) is 0.0224. The van der Waals surface area contributed by atoms with Crippen LogP contribution in [-0.2, 0) is 94.1 Å². The maximum Gasteiger partial charge on any atom is 1.00 e. The summed E-state index contributed by atoms with van der Waals surface area (Å²) < 4.78 is 69.8. The molecule has 2 unspecified atom stereocenters. The molecule has 46 heteroatoms. The van der Waals surface area contributed by atoms with E-state index in [-0.39, 0.29) is 101 Å². The number of carbonyl (C=O) groups excluding carboxylic acids is 8. The normalized spacial score (nSPS) is 15.0. The van der Waals surface area contributed by atoms with Crippen molar-refractivity contribution in [2.75, 3.05) is 102 Å². The predicted octanol–water partition coefficient (Wildman–Crippen LogP) is 5.17. The van der Waals surface area contributed by atoms with Gasteiger partial charge in [-0.25, -0.2) is 40.9 Å². The van der Waals surface area contributed by atoms with E-state index >= 15 is 0 Å². The zero-order valence-corrected chi connectivity index (χ0v) is 77.3. The molecule has 0 bridgehead atoms. The molecule has 7 aliphatic rings. The molecule has 9 N–H and O–H groups in total. The van der Waals surface area contributed by atoms with Crippen LogP contribution in [0.5, 0.6) is 28.7 Å². The molecule has 2 atom stereocenters. The molecule has 7 aliphatic heterocycles. The van der Waals surface area contributed by atoms with Crippen molar-refractivity contribution in [1.29, 1.82) is 0 Å². The van der Waals surface area contributed by atoms with Crippen molar-refractivity contribution in [1.82, 2.24) is 84.8 Å². The molecule has 12 heterocycles. The minimum atomic E-state index is -1.06. The van der Waals surface area contributed by atoms with E-state index in [0.29, 0.717) is 155 Å². The molecule has 5 aromatic carbocycles. The maximum atomic E-state index is 12.8. The Morgan fingerprint density at radius 1 is 0.441 bits per heavy atom. The number of fused-ring (bicyclic) bond motifs is 5. The molecule has 6 amide bonds. The number of carboxylic acid groups (broad SMARTS) is 2. The van der Waals surface area contributed by atoms with Crippen LogP contribution in [0.1, 0.15) is 186 Å². The van der Waals surface area contributed by atoms with Gasteiger partial charge in [0.2, 0.25) is 0 Å². The van der Waals surface area contributed by atoms with E-state index in [9.17, 15) is 52.3 Å². The number of rotatable bonds is 20. The van der Waals surface area contributed by atoms with E-state index in [1.807, 2.05) is 4.68 Å². The molecule has 2 saturated heterocycles. The van der Waals surface area contributed by atoms with Gasteiger partial charge in [0, 0.05) is 87.6 Å². The molecule has 17 rings (SSSR count). The van der Waals surface area contributed by atoms with E-state index < -0.39 is 43.2 Å². The standard InChI is InChI=1S/C20H24N4O5.C17H19N3O4.C15H16N4O4.C15H15N3O4.C9H13N3O2.C8H8O3.C5H11NO2.CH3F.ClH.Li.H2O/c1-27-16-7-5-14(6-8-16)20(26)23-9-10-24-15(13-23)12-17(21-24)19(25)22-29-18-4-2-3-11-28-18;1-3-24-17(22)15-10-13-11-19(8-9-20(13)18-15)16(21)12-4-6-14(23-2)7-5-12;1-23-12-4-2-10(3-5-12)15(21)18-6-7-19-11(9-18)8-13(16-19)14(20)17-22;1-22-12-4-2-10(3-5-12)14(19)17-6-7-18-11(9-17)8-13(16-18)15(20)21;1-2-14-9(13)8-5-7-6-10-3-4-12(7)11-8;1-11-7-4-2-6(3-5-7)8(9)10;6-8-5-3-1-2-4-7-5;1-2;;;/h5-8,12,18H,2-4,9-11,13H2,1H3,(H,22,25);4-7,10H,3,8-9,11H2,1-2H3;2-5,8,22H,6-7,9H2,1H3,(H,17,20);2-5,8H,6-7,9H2,1H3,(H,20,21);5,10H,2-4,6H2,1H3;2-5H,1H3,(H,9,10);5H,1-4,6H2;1H3;1H;;1H2/q;;;;;;;;;+1;/p-1/i;;;;;;;1D;;;. The molecule has 0 aliphatic carbocycles. The van der Waals surface area contributed by atoms with Gasteiger partial charge in [0.1, 0.15) is 28.7 Å². The van der Waals surface area contributed by atoms with Gasteiger partial charge in [-0.2, -0.15) is 25.5 Å². The van der Waals surface area contributed by atoms with E-state index in [2.05, 4.69) is 41.1 Å². The monoisotopic (exact) mass is 1910 g/mol. The summed E-state index contributed by atoms with van der Waals surface area (Å²) in [7, 11) is 6.86. The Labute approximate surface area is 801 Å². The second-order valence-corrected chi connectivity index (χ2v) is 29.7. The van der Waals surface area contributed by atoms with E-state index in [1.165, 1.54) is 31.7 Å². The Balaban J connectivity index is 0.000000222. The van der Waals surface area contributed by atoms with Crippen molar-refractivity contribution in [3.05, 3.63) is 236 Å². The number of nitrogens with two attached hydrogens (primary N) is 1. The van der Waals surface area contributed by atoms with Crippen LogP contribution < -0.4 is 64.7 Å². The third kappa shape index (κ3) is 30.7. The number of halogens is 2. The maximum absolute atomic E-state index is 12.8. The number of nitrogens with one attached hydrogen (secondary N) is 3. The molecular formula is C90H111ClFLiN18O25. The molecular weight excluding hydrogens is 1790 g/mol. The van der Waals surface area contributed by atoms with Gasteiger partial charge < -0.3 is 83.2 Å². The van der Waals surface area contributed by atoms with Crippen LogP contribution in [-0.4, -0.2) is 263 Å². The molecule has 0 radical (unpaired) electrons. The Hall–Kier alpha value is -13.7. The first kappa shape index (κ1) is 108. The fourth-order valence-electron chi connectivity index (χ4n) is 14.1. The molecule has 136 heavy (non-hydrogen) atoms. The Kier molecular flexibility index (Phi) is 43.7. The van der Waals surface area contributed by atoms with Crippen molar-refractivity contribution in [2.24, 2.45) is 5.90 Å². The summed E-state index contributed by atoms with van der Waals surface area (Å²) in [5.74, 6) is 4.19. The van der Waals surface area contributed by atoms with Crippen LogP contribution in [0.4, 0.5) is 4.39 Å². The summed E-state index contributed by atoms with van der Waals surface area (Å²) >= 11 is 0. The predicted molar refractivity (Wildman–Crippen MR) is 479 cm³/mol. The average Bonchev–Trinajstić information content (AvgIpc) is 1.69. The number of hydrogen-bond acceptors (Lipinski definition) is 30. The number of nitrogens with zero attached hydrogens (tertiary/aromatic N) is 14. The van der Waals surface area contributed by atoms with Gasteiger partial charge in [0.05, 0.1) is 150 Å². The topological polar surface area (TPSA) is 527 Å². The number of aromatic carboxylic acids is 2.